The fraction of sp³-hybridized carbons (Fsp3) is 0.789. The van der Waals surface area contributed by atoms with Crippen LogP contribution in [-0.2, 0) is 9.47 Å². The second-order valence-corrected chi connectivity index (χ2v) is 5.67. The van der Waals surface area contributed by atoms with E-state index >= 15 is 0 Å². The Kier molecular flexibility index (Phi) is 12.3. The molecule has 1 aliphatic heterocycles. The van der Waals surface area contributed by atoms with Crippen molar-refractivity contribution in [2.24, 2.45) is 0 Å². The highest BCUT2D eigenvalue weighted by Gasteiger charge is 2.12. The minimum atomic E-state index is -0.00843. The smallest absolute Gasteiger partial charge is 0.158 e. The van der Waals surface area contributed by atoms with Gasteiger partial charge >= 0.3 is 0 Å². The Morgan fingerprint density at radius 2 is 1.86 bits per heavy atom. The Morgan fingerprint density at radius 1 is 1.05 bits per heavy atom. The van der Waals surface area contributed by atoms with Crippen LogP contribution in [-0.4, -0.2) is 19.5 Å². The van der Waals surface area contributed by atoms with Crippen molar-refractivity contribution in [3.05, 3.63) is 12.2 Å². The molecule has 1 unspecified atom stereocenters. The number of ether oxygens (including phenoxy) is 2. The van der Waals surface area contributed by atoms with E-state index in [1.807, 2.05) is 0 Å². The molecule has 1 rings (SSSR count). The second kappa shape index (κ2) is 14.2. The molecular weight excluding hydrogens is 260 g/mol. The van der Waals surface area contributed by atoms with Crippen LogP contribution in [0.25, 0.3) is 0 Å². The summed E-state index contributed by atoms with van der Waals surface area (Å²) in [7, 11) is 0. The molecular formula is C19H32O2. The predicted molar refractivity (Wildman–Crippen MR) is 89.1 cm³/mol. The highest BCUT2D eigenvalue weighted by molar-refractivity contribution is 4.99. The van der Waals surface area contributed by atoms with E-state index in [-0.39, 0.29) is 6.29 Å². The highest BCUT2D eigenvalue weighted by Crippen LogP contribution is 2.13. The zero-order valence-corrected chi connectivity index (χ0v) is 13.7. The van der Waals surface area contributed by atoms with Gasteiger partial charge in [-0.3, -0.25) is 0 Å². The summed E-state index contributed by atoms with van der Waals surface area (Å²) >= 11 is 0. The van der Waals surface area contributed by atoms with Gasteiger partial charge in [0.05, 0.1) is 0 Å². The molecule has 0 amide bonds. The van der Waals surface area contributed by atoms with Crippen molar-refractivity contribution in [1.29, 1.82) is 0 Å². The average Bonchev–Trinajstić information content (AvgIpc) is 2.53. The number of rotatable bonds is 10. The first-order valence-corrected chi connectivity index (χ1v) is 8.77. The van der Waals surface area contributed by atoms with Crippen LogP contribution in [0.2, 0.25) is 0 Å². The van der Waals surface area contributed by atoms with Crippen molar-refractivity contribution < 1.29 is 9.47 Å². The Hall–Kier alpha value is -0.780. The topological polar surface area (TPSA) is 18.5 Å². The normalized spacial score (nSPS) is 18.6. The van der Waals surface area contributed by atoms with Crippen molar-refractivity contribution in [3.8, 4) is 11.8 Å². The molecule has 1 fully saturated rings. The lowest BCUT2D eigenvalue weighted by molar-refractivity contribution is -0.154. The zero-order valence-electron chi connectivity index (χ0n) is 13.7. The molecule has 0 radical (unpaired) electrons. The third kappa shape index (κ3) is 11.5. The Morgan fingerprint density at radius 3 is 2.57 bits per heavy atom. The van der Waals surface area contributed by atoms with Crippen LogP contribution in [0.5, 0.6) is 0 Å². The maximum atomic E-state index is 5.57. The minimum absolute atomic E-state index is 0.00843. The van der Waals surface area contributed by atoms with Crippen LogP contribution in [0, 0.1) is 11.8 Å². The van der Waals surface area contributed by atoms with Crippen LogP contribution in [0.1, 0.15) is 77.6 Å². The van der Waals surface area contributed by atoms with E-state index in [0.29, 0.717) is 6.61 Å². The molecule has 0 N–H and O–H groups in total. The maximum Gasteiger partial charge on any atom is 0.158 e. The summed E-state index contributed by atoms with van der Waals surface area (Å²) in [5.41, 5.74) is 0. The van der Waals surface area contributed by atoms with E-state index in [0.717, 1.165) is 19.4 Å². The molecule has 1 heterocycles. The van der Waals surface area contributed by atoms with Crippen LogP contribution in [0.3, 0.4) is 0 Å². The van der Waals surface area contributed by atoms with Crippen LogP contribution in [0.15, 0.2) is 12.2 Å². The van der Waals surface area contributed by atoms with Gasteiger partial charge < -0.3 is 9.47 Å². The van der Waals surface area contributed by atoms with Gasteiger partial charge in [-0.2, -0.15) is 0 Å². The summed E-state index contributed by atoms with van der Waals surface area (Å²) < 4.78 is 11.1. The van der Waals surface area contributed by atoms with Gasteiger partial charge in [-0.1, -0.05) is 37.8 Å². The summed E-state index contributed by atoms with van der Waals surface area (Å²) in [6.45, 7) is 3.60. The summed E-state index contributed by atoms with van der Waals surface area (Å²) in [6.07, 6.45) is 17.9. The average molecular weight is 292 g/mol. The molecule has 2 nitrogen and oxygen atoms in total. The molecule has 0 aromatic rings. The first-order valence-electron chi connectivity index (χ1n) is 8.77. The first-order chi connectivity index (χ1) is 10.4. The van der Waals surface area contributed by atoms with Crippen LogP contribution < -0.4 is 0 Å². The second-order valence-electron chi connectivity index (χ2n) is 5.67. The minimum Gasteiger partial charge on any atom is -0.353 e. The van der Waals surface area contributed by atoms with Crippen molar-refractivity contribution in [2.45, 2.75) is 83.8 Å². The van der Waals surface area contributed by atoms with Gasteiger partial charge in [0.15, 0.2) is 6.29 Å². The van der Waals surface area contributed by atoms with Crippen molar-refractivity contribution in [1.82, 2.24) is 0 Å². The lowest BCUT2D eigenvalue weighted by Gasteiger charge is -2.21. The van der Waals surface area contributed by atoms with Gasteiger partial charge in [0.25, 0.3) is 0 Å². The van der Waals surface area contributed by atoms with Gasteiger partial charge in [-0.05, 0) is 51.4 Å². The number of hydrogen-bond acceptors (Lipinski definition) is 2. The SMILES string of the molecule is CCCCCC=CCCCCC#CCOC1CCCCO1. The quantitative estimate of drug-likeness (QED) is 0.312. The molecule has 1 atom stereocenters. The van der Waals surface area contributed by atoms with E-state index in [1.54, 1.807) is 0 Å². The molecule has 0 saturated carbocycles. The Labute approximate surface area is 131 Å². The first kappa shape index (κ1) is 18.3. The molecule has 21 heavy (non-hydrogen) atoms. The standard InChI is InChI=1S/C19H32O2/c1-2-3-4-5-6-7-8-9-10-11-12-14-17-20-19-16-13-15-18-21-19/h6-7,19H,2-5,8-11,13,15-18H2,1H3. The fourth-order valence-electron chi connectivity index (χ4n) is 2.34. The van der Waals surface area contributed by atoms with Crippen molar-refractivity contribution in [3.63, 3.8) is 0 Å². The number of allylic oxidation sites excluding steroid dienone is 2. The van der Waals surface area contributed by atoms with Crippen LogP contribution in [0.4, 0.5) is 0 Å². The molecule has 0 bridgehead atoms. The summed E-state index contributed by atoms with van der Waals surface area (Å²) in [5, 5.41) is 0. The van der Waals surface area contributed by atoms with Gasteiger partial charge in [0.1, 0.15) is 6.61 Å². The maximum absolute atomic E-state index is 5.57. The van der Waals surface area contributed by atoms with Gasteiger partial charge in [0, 0.05) is 13.0 Å². The Bertz CT molecular complexity index is 305. The zero-order chi connectivity index (χ0) is 15.0. The molecule has 0 spiro atoms. The van der Waals surface area contributed by atoms with Crippen molar-refractivity contribution in [2.75, 3.05) is 13.2 Å². The summed E-state index contributed by atoms with van der Waals surface area (Å²) in [4.78, 5) is 0. The van der Waals surface area contributed by atoms with Gasteiger partial charge in [-0.25, -0.2) is 0 Å². The van der Waals surface area contributed by atoms with Crippen LogP contribution >= 0.6 is 0 Å². The van der Waals surface area contributed by atoms with Gasteiger partial charge in [-0.15, -0.1) is 5.92 Å². The lowest BCUT2D eigenvalue weighted by atomic mass is 10.1. The third-order valence-corrected chi connectivity index (χ3v) is 3.67. The molecule has 2 heteroatoms. The summed E-state index contributed by atoms with van der Waals surface area (Å²) in [6, 6.07) is 0. The van der Waals surface area contributed by atoms with E-state index in [2.05, 4.69) is 30.9 Å². The molecule has 0 aliphatic carbocycles. The number of unbranched alkanes of at least 4 members (excludes halogenated alkanes) is 6. The van der Waals surface area contributed by atoms with E-state index in [1.165, 1.54) is 57.8 Å². The Balaban J connectivity index is 1.84. The largest absolute Gasteiger partial charge is 0.353 e. The fourth-order valence-corrected chi connectivity index (χ4v) is 2.34. The van der Waals surface area contributed by atoms with E-state index in [4.69, 9.17) is 9.47 Å². The van der Waals surface area contributed by atoms with E-state index in [9.17, 15) is 0 Å². The molecule has 120 valence electrons. The number of hydrogen-bond donors (Lipinski definition) is 0. The highest BCUT2D eigenvalue weighted by atomic mass is 16.7. The lowest BCUT2D eigenvalue weighted by Crippen LogP contribution is -2.22. The monoisotopic (exact) mass is 292 g/mol. The van der Waals surface area contributed by atoms with E-state index < -0.39 is 0 Å². The predicted octanol–water partition coefficient (Wildman–Crippen LogP) is 5.23. The third-order valence-electron chi connectivity index (χ3n) is 3.67. The summed E-state index contributed by atoms with van der Waals surface area (Å²) in [5.74, 6) is 6.28. The van der Waals surface area contributed by atoms with Gasteiger partial charge in [0.2, 0.25) is 0 Å². The molecule has 0 aromatic heterocycles. The molecule has 0 aromatic carbocycles. The molecule has 1 saturated heterocycles. The molecule has 1 aliphatic rings. The van der Waals surface area contributed by atoms with Crippen molar-refractivity contribution >= 4 is 0 Å².